The molecule has 1 aromatic heterocycles. The van der Waals surface area contributed by atoms with Crippen molar-refractivity contribution in [3.05, 3.63) is 64.6 Å². The van der Waals surface area contributed by atoms with Gasteiger partial charge in [-0.25, -0.2) is 0 Å². The van der Waals surface area contributed by atoms with Gasteiger partial charge in [0.2, 0.25) is 0 Å². The number of carbonyl (C=O) groups is 1. The normalized spacial score (nSPS) is 13.1. The Morgan fingerprint density at radius 2 is 1.90 bits per heavy atom. The van der Waals surface area contributed by atoms with Crippen LogP contribution >= 0.6 is 11.6 Å². The van der Waals surface area contributed by atoms with Gasteiger partial charge < -0.3 is 14.2 Å². The molecule has 5 heteroatoms. The molecule has 2 aromatic carbocycles. The fourth-order valence-electron chi connectivity index (χ4n) is 4.50. The van der Waals surface area contributed by atoms with Crippen LogP contribution in [0, 0.1) is 13.8 Å². The zero-order chi connectivity index (χ0) is 20.9. The number of aromatic nitrogens is 1. The van der Waals surface area contributed by atoms with Crippen LogP contribution in [0.25, 0.3) is 22.0 Å². The summed E-state index contributed by atoms with van der Waals surface area (Å²) in [6.45, 7) is 11.6. The van der Waals surface area contributed by atoms with Gasteiger partial charge in [0.15, 0.2) is 5.88 Å². The lowest BCUT2D eigenvalue weighted by molar-refractivity contribution is -0.116. The summed E-state index contributed by atoms with van der Waals surface area (Å²) in [5.41, 5.74) is 7.78. The topological polar surface area (TPSA) is 34.5 Å². The molecule has 0 aliphatic carbocycles. The average Bonchev–Trinajstić information content (AvgIpc) is 3.02. The average molecular weight is 409 g/mol. The molecule has 0 radical (unpaired) electrons. The van der Waals surface area contributed by atoms with Crippen LogP contribution in [-0.4, -0.2) is 24.0 Å². The van der Waals surface area contributed by atoms with E-state index in [2.05, 4.69) is 36.0 Å². The number of benzene rings is 2. The fourth-order valence-corrected chi connectivity index (χ4v) is 4.63. The van der Waals surface area contributed by atoms with Crippen molar-refractivity contribution in [3.63, 3.8) is 0 Å². The number of anilines is 1. The number of hydrogen-bond donors (Lipinski definition) is 0. The first-order chi connectivity index (χ1) is 13.8. The summed E-state index contributed by atoms with van der Waals surface area (Å²) in [6, 6.07) is 10.1. The van der Waals surface area contributed by atoms with E-state index in [1.165, 1.54) is 11.2 Å². The summed E-state index contributed by atoms with van der Waals surface area (Å²) in [4.78, 5) is 14.3. The van der Waals surface area contributed by atoms with Crippen molar-refractivity contribution in [2.45, 2.75) is 33.7 Å². The highest BCUT2D eigenvalue weighted by atomic mass is 35.5. The molecule has 0 unspecified atom stereocenters. The molecule has 3 aromatic rings. The maximum Gasteiger partial charge on any atom is 0.186 e. The lowest BCUT2D eigenvalue weighted by Gasteiger charge is -2.34. The van der Waals surface area contributed by atoms with Crippen LogP contribution in [0.2, 0.25) is 5.02 Å². The van der Waals surface area contributed by atoms with Crippen molar-refractivity contribution in [3.8, 4) is 11.1 Å². The Bertz CT molecular complexity index is 1140. The molecule has 0 N–H and O–H groups in total. The van der Waals surface area contributed by atoms with E-state index in [1.54, 1.807) is 14.0 Å². The van der Waals surface area contributed by atoms with E-state index in [0.29, 0.717) is 17.3 Å². The molecular weight excluding hydrogens is 384 g/mol. The Morgan fingerprint density at radius 3 is 2.52 bits per heavy atom. The van der Waals surface area contributed by atoms with Crippen LogP contribution < -0.4 is 4.90 Å². The van der Waals surface area contributed by atoms with E-state index in [0.717, 1.165) is 46.4 Å². The summed E-state index contributed by atoms with van der Waals surface area (Å²) >= 11 is 6.14. The second-order valence-corrected chi connectivity index (χ2v) is 8.10. The SMILES string of the molecule is C=C(OC)N1CCn2c(C)cc3c(-c4ccc(Cl)cc4)c(CC(C)=O)c(C)c1c32. The second-order valence-electron chi connectivity index (χ2n) is 7.66. The molecule has 0 bridgehead atoms. The third-order valence-corrected chi connectivity index (χ3v) is 6.07. The molecular formula is C24H25ClN2O2. The smallest absolute Gasteiger partial charge is 0.186 e. The first-order valence-corrected chi connectivity index (χ1v) is 10.1. The summed E-state index contributed by atoms with van der Waals surface area (Å²) in [6.07, 6.45) is 0.379. The predicted octanol–water partition coefficient (Wildman–Crippen LogP) is 5.65. The summed E-state index contributed by atoms with van der Waals surface area (Å²) < 4.78 is 7.84. The predicted molar refractivity (Wildman–Crippen MR) is 120 cm³/mol. The molecule has 0 amide bonds. The van der Waals surface area contributed by atoms with Crippen molar-refractivity contribution in [1.29, 1.82) is 0 Å². The molecule has 0 fully saturated rings. The van der Waals surface area contributed by atoms with Gasteiger partial charge in [0.25, 0.3) is 0 Å². The van der Waals surface area contributed by atoms with E-state index in [1.807, 2.05) is 24.3 Å². The zero-order valence-corrected chi connectivity index (χ0v) is 18.1. The first kappa shape index (κ1) is 19.6. The number of rotatable bonds is 5. The Kier molecular flexibility index (Phi) is 4.91. The Labute approximate surface area is 176 Å². The Hall–Kier alpha value is -2.72. The van der Waals surface area contributed by atoms with E-state index in [4.69, 9.17) is 16.3 Å². The number of carbonyl (C=O) groups excluding carboxylic acids is 1. The fraction of sp³-hybridized carbons (Fsp3) is 0.292. The lowest BCUT2D eigenvalue weighted by Crippen LogP contribution is -2.32. The second kappa shape index (κ2) is 7.27. The van der Waals surface area contributed by atoms with E-state index >= 15 is 0 Å². The van der Waals surface area contributed by atoms with Crippen LogP contribution in [0.5, 0.6) is 0 Å². The quantitative estimate of drug-likeness (QED) is 0.512. The third-order valence-electron chi connectivity index (χ3n) is 5.82. The molecule has 1 aliphatic heterocycles. The first-order valence-electron chi connectivity index (χ1n) is 9.74. The molecule has 4 rings (SSSR count). The third kappa shape index (κ3) is 3.12. The van der Waals surface area contributed by atoms with Crippen LogP contribution in [0.15, 0.2) is 42.8 Å². The van der Waals surface area contributed by atoms with E-state index < -0.39 is 0 Å². The highest BCUT2D eigenvalue weighted by molar-refractivity contribution is 6.30. The maximum absolute atomic E-state index is 12.2. The standard InChI is InChI=1S/C24H25ClN2O2/c1-14-12-21-22(18-6-8-19(25)9-7-18)20(13-15(2)28)16(3)23-24(21)26(14)10-11-27(23)17(4)29-5/h6-9,12H,4,10-11,13H2,1-3,5H3. The van der Waals surface area contributed by atoms with Crippen molar-refractivity contribution >= 4 is 34.0 Å². The van der Waals surface area contributed by atoms with Crippen molar-refractivity contribution < 1.29 is 9.53 Å². The van der Waals surface area contributed by atoms with E-state index in [-0.39, 0.29) is 5.78 Å². The molecule has 0 saturated carbocycles. The van der Waals surface area contributed by atoms with Crippen molar-refractivity contribution in [2.75, 3.05) is 18.6 Å². The van der Waals surface area contributed by atoms with Crippen LogP contribution in [-0.2, 0) is 22.5 Å². The summed E-state index contributed by atoms with van der Waals surface area (Å²) in [7, 11) is 1.65. The van der Waals surface area contributed by atoms with Gasteiger partial charge in [-0.2, -0.15) is 0 Å². The minimum Gasteiger partial charge on any atom is -0.483 e. The Balaban J connectivity index is 2.13. The molecule has 29 heavy (non-hydrogen) atoms. The molecule has 0 atom stereocenters. The monoisotopic (exact) mass is 408 g/mol. The van der Waals surface area contributed by atoms with Gasteiger partial charge in [-0.05, 0) is 67.8 Å². The van der Waals surface area contributed by atoms with Gasteiger partial charge in [0.05, 0.1) is 18.3 Å². The molecule has 2 heterocycles. The number of Topliss-reactive ketones (excluding diaryl/α,β-unsaturated/α-hetero) is 1. The van der Waals surface area contributed by atoms with Crippen molar-refractivity contribution in [2.24, 2.45) is 0 Å². The molecule has 4 nitrogen and oxygen atoms in total. The Morgan fingerprint density at radius 1 is 1.21 bits per heavy atom. The minimum atomic E-state index is 0.138. The molecule has 1 aliphatic rings. The zero-order valence-electron chi connectivity index (χ0n) is 17.3. The van der Waals surface area contributed by atoms with Gasteiger partial charge in [-0.15, -0.1) is 0 Å². The number of ketones is 1. The molecule has 0 saturated heterocycles. The van der Waals surface area contributed by atoms with Crippen LogP contribution in [0.3, 0.4) is 0 Å². The van der Waals surface area contributed by atoms with Crippen molar-refractivity contribution in [1.82, 2.24) is 4.57 Å². The van der Waals surface area contributed by atoms with E-state index in [9.17, 15) is 4.79 Å². The molecule has 150 valence electrons. The van der Waals surface area contributed by atoms with Gasteiger partial charge >= 0.3 is 0 Å². The highest BCUT2D eigenvalue weighted by Gasteiger charge is 2.29. The minimum absolute atomic E-state index is 0.138. The highest BCUT2D eigenvalue weighted by Crippen LogP contribution is 2.45. The number of aryl methyl sites for hydroxylation is 1. The van der Waals surface area contributed by atoms with Crippen LogP contribution in [0.4, 0.5) is 5.69 Å². The lowest BCUT2D eigenvalue weighted by atomic mass is 9.88. The number of methoxy groups -OCH3 is 1. The van der Waals surface area contributed by atoms with Gasteiger partial charge in [-0.1, -0.05) is 23.7 Å². The van der Waals surface area contributed by atoms with Gasteiger partial charge in [0.1, 0.15) is 5.78 Å². The number of hydrogen-bond acceptors (Lipinski definition) is 3. The van der Waals surface area contributed by atoms with Crippen LogP contribution in [0.1, 0.15) is 23.7 Å². The van der Waals surface area contributed by atoms with Gasteiger partial charge in [-0.3, -0.25) is 4.79 Å². The number of halogens is 1. The summed E-state index contributed by atoms with van der Waals surface area (Å²) in [5.74, 6) is 0.756. The number of nitrogens with zero attached hydrogens (tertiary/aromatic N) is 2. The summed E-state index contributed by atoms with van der Waals surface area (Å²) in [5, 5.41) is 1.85. The largest absolute Gasteiger partial charge is 0.483 e. The molecule has 0 spiro atoms. The van der Waals surface area contributed by atoms with Gasteiger partial charge in [0, 0.05) is 35.6 Å². The number of ether oxygens (including phenoxy) is 1. The maximum atomic E-state index is 12.2.